The smallest absolute Gasteiger partial charge is 0.142 e. The van der Waals surface area contributed by atoms with Gasteiger partial charge in [-0.05, 0) is 6.42 Å². The quantitative estimate of drug-likeness (QED) is 0.489. The van der Waals surface area contributed by atoms with Crippen LogP contribution in [0.2, 0.25) is 0 Å². The molecule has 0 saturated carbocycles. The van der Waals surface area contributed by atoms with E-state index in [4.69, 9.17) is 0 Å². The fraction of sp³-hybridized carbons (Fsp3) is 0.889. The second kappa shape index (κ2) is 3.75. The summed E-state index contributed by atoms with van der Waals surface area (Å²) in [5.74, 6) is 0.720. The maximum absolute atomic E-state index is 2.47. The molecule has 10 heavy (non-hydrogen) atoms. The van der Waals surface area contributed by atoms with E-state index in [-0.39, 0.29) is 0 Å². The van der Waals surface area contributed by atoms with Gasteiger partial charge in [-0.25, -0.2) is 4.58 Å². The fourth-order valence-corrected chi connectivity index (χ4v) is 1.49. The Kier molecular flexibility index (Phi) is 2.91. The highest BCUT2D eigenvalue weighted by Gasteiger charge is 2.10. The molecule has 0 N–H and O–H groups in total. The van der Waals surface area contributed by atoms with E-state index in [0.717, 1.165) is 5.92 Å². The first-order chi connectivity index (χ1) is 4.79. The van der Waals surface area contributed by atoms with Gasteiger partial charge < -0.3 is 0 Å². The number of hydrogen-bond donors (Lipinski definition) is 0. The normalized spacial score (nSPS) is 19.7. The van der Waals surface area contributed by atoms with Crippen LogP contribution in [0.25, 0.3) is 0 Å². The Morgan fingerprint density at radius 2 is 1.70 bits per heavy atom. The Bertz CT molecular complexity index is 117. The summed E-state index contributed by atoms with van der Waals surface area (Å²) >= 11 is 0. The van der Waals surface area contributed by atoms with Gasteiger partial charge in [0.1, 0.15) is 19.3 Å². The predicted octanol–water partition coefficient (Wildman–Crippen LogP) is 1.91. The Morgan fingerprint density at radius 3 is 2.20 bits per heavy atom. The van der Waals surface area contributed by atoms with E-state index in [1.54, 1.807) is 0 Å². The van der Waals surface area contributed by atoms with Gasteiger partial charge in [0.25, 0.3) is 0 Å². The molecule has 0 radical (unpaired) electrons. The first-order valence-corrected chi connectivity index (χ1v) is 4.38. The highest BCUT2D eigenvalue weighted by Crippen LogP contribution is 2.03. The second-order valence-corrected chi connectivity index (χ2v) is 3.49. The van der Waals surface area contributed by atoms with E-state index < -0.39 is 0 Å². The second-order valence-electron chi connectivity index (χ2n) is 3.49. The van der Waals surface area contributed by atoms with Crippen LogP contribution < -0.4 is 0 Å². The molecule has 1 heterocycles. The lowest BCUT2D eigenvalue weighted by atomic mass is 10.1. The van der Waals surface area contributed by atoms with Crippen molar-refractivity contribution in [1.82, 2.24) is 0 Å². The third kappa shape index (κ3) is 2.51. The first-order valence-electron chi connectivity index (χ1n) is 4.38. The predicted molar refractivity (Wildman–Crippen MR) is 44.7 cm³/mol. The molecule has 1 heteroatoms. The van der Waals surface area contributed by atoms with Crippen molar-refractivity contribution in [2.45, 2.75) is 33.1 Å². The average molecular weight is 140 g/mol. The number of rotatable bonds is 1. The molecule has 0 aromatic heterocycles. The molecule has 0 bridgehead atoms. The molecule has 0 aliphatic carbocycles. The zero-order valence-electron chi connectivity index (χ0n) is 7.14. The Labute approximate surface area is 63.8 Å². The summed E-state index contributed by atoms with van der Waals surface area (Å²) in [4.78, 5) is 0. The monoisotopic (exact) mass is 140 g/mol. The molecule has 1 nitrogen and oxygen atoms in total. The molecule has 0 amide bonds. The first kappa shape index (κ1) is 7.77. The van der Waals surface area contributed by atoms with Crippen molar-refractivity contribution in [1.29, 1.82) is 0 Å². The van der Waals surface area contributed by atoms with Crippen LogP contribution in [0, 0.1) is 5.92 Å². The standard InChI is InChI=1S/C9H18N/c1-9(2)8-10-6-4-3-5-7-10/h8-9H,3-7H2,1-2H3/q+1. The van der Waals surface area contributed by atoms with Crippen molar-refractivity contribution in [2.75, 3.05) is 13.1 Å². The van der Waals surface area contributed by atoms with Crippen molar-refractivity contribution < 1.29 is 4.58 Å². The molecular formula is C9H18N+. The summed E-state index contributed by atoms with van der Waals surface area (Å²) in [6.07, 6.45) is 6.58. The summed E-state index contributed by atoms with van der Waals surface area (Å²) in [6, 6.07) is 0. The number of piperidine rings is 1. The summed E-state index contributed by atoms with van der Waals surface area (Å²) in [5.41, 5.74) is 0. The SMILES string of the molecule is CC(C)C=[N+]1CCCCC1. The largest absolute Gasteiger partial charge is 0.239 e. The van der Waals surface area contributed by atoms with Crippen molar-refractivity contribution in [3.63, 3.8) is 0 Å². The van der Waals surface area contributed by atoms with E-state index in [0.29, 0.717) is 0 Å². The van der Waals surface area contributed by atoms with Gasteiger partial charge in [0.05, 0.1) is 0 Å². The van der Waals surface area contributed by atoms with E-state index >= 15 is 0 Å². The Morgan fingerprint density at radius 1 is 1.10 bits per heavy atom. The van der Waals surface area contributed by atoms with Gasteiger partial charge in [-0.1, -0.05) is 13.8 Å². The van der Waals surface area contributed by atoms with Gasteiger partial charge >= 0.3 is 0 Å². The van der Waals surface area contributed by atoms with Crippen LogP contribution >= 0.6 is 0 Å². The third-order valence-corrected chi connectivity index (χ3v) is 1.90. The van der Waals surface area contributed by atoms with E-state index in [2.05, 4.69) is 24.6 Å². The van der Waals surface area contributed by atoms with Gasteiger partial charge in [-0.2, -0.15) is 0 Å². The van der Waals surface area contributed by atoms with E-state index in [9.17, 15) is 0 Å². The van der Waals surface area contributed by atoms with Gasteiger partial charge in [0, 0.05) is 18.8 Å². The number of hydrogen-bond acceptors (Lipinski definition) is 0. The van der Waals surface area contributed by atoms with Crippen molar-refractivity contribution in [3.8, 4) is 0 Å². The minimum Gasteiger partial charge on any atom is -0.239 e. The minimum atomic E-state index is 0.720. The summed E-state index contributed by atoms with van der Waals surface area (Å²) in [5, 5.41) is 0. The third-order valence-electron chi connectivity index (χ3n) is 1.90. The summed E-state index contributed by atoms with van der Waals surface area (Å²) in [6.45, 7) is 7.07. The van der Waals surface area contributed by atoms with Crippen LogP contribution in [0.4, 0.5) is 0 Å². The van der Waals surface area contributed by atoms with Crippen LogP contribution in [0.3, 0.4) is 0 Å². The summed E-state index contributed by atoms with van der Waals surface area (Å²) in [7, 11) is 0. The highest BCUT2D eigenvalue weighted by molar-refractivity contribution is 5.53. The van der Waals surface area contributed by atoms with Crippen molar-refractivity contribution in [3.05, 3.63) is 0 Å². The molecule has 1 fully saturated rings. The topological polar surface area (TPSA) is 3.01 Å². The molecule has 0 spiro atoms. The number of nitrogens with zero attached hydrogens (tertiary/aromatic N) is 1. The Hall–Kier alpha value is -0.330. The molecule has 0 aromatic rings. The van der Waals surface area contributed by atoms with Gasteiger partial charge in [-0.15, -0.1) is 0 Å². The van der Waals surface area contributed by atoms with E-state index in [1.165, 1.54) is 32.4 Å². The molecule has 58 valence electrons. The maximum atomic E-state index is 2.47. The van der Waals surface area contributed by atoms with Crippen LogP contribution in [0.1, 0.15) is 33.1 Å². The molecule has 1 aliphatic heterocycles. The zero-order chi connectivity index (χ0) is 7.40. The molecule has 1 rings (SSSR count). The van der Waals surface area contributed by atoms with Crippen molar-refractivity contribution >= 4 is 6.21 Å². The lowest BCUT2D eigenvalue weighted by Crippen LogP contribution is -2.22. The van der Waals surface area contributed by atoms with Gasteiger partial charge in [0.2, 0.25) is 0 Å². The molecule has 1 aliphatic rings. The lowest BCUT2D eigenvalue weighted by Gasteiger charge is -2.09. The molecule has 0 unspecified atom stereocenters. The van der Waals surface area contributed by atoms with Crippen LogP contribution in [-0.2, 0) is 0 Å². The van der Waals surface area contributed by atoms with Crippen LogP contribution in [0.15, 0.2) is 0 Å². The molecule has 1 saturated heterocycles. The minimum absolute atomic E-state index is 0.720. The average Bonchev–Trinajstić information content (AvgIpc) is 1.88. The van der Waals surface area contributed by atoms with Gasteiger partial charge in [0.15, 0.2) is 0 Å². The molecule has 0 atom stereocenters. The Balaban J connectivity index is 2.37. The zero-order valence-corrected chi connectivity index (χ0v) is 7.14. The molecule has 0 aromatic carbocycles. The highest BCUT2D eigenvalue weighted by atomic mass is 15.0. The van der Waals surface area contributed by atoms with E-state index in [1.807, 2.05) is 0 Å². The summed E-state index contributed by atoms with van der Waals surface area (Å²) < 4.78 is 2.47. The van der Waals surface area contributed by atoms with Crippen LogP contribution in [0.5, 0.6) is 0 Å². The molecular weight excluding hydrogens is 122 g/mol. The lowest BCUT2D eigenvalue weighted by molar-refractivity contribution is -0.534. The van der Waals surface area contributed by atoms with Gasteiger partial charge in [-0.3, -0.25) is 0 Å². The van der Waals surface area contributed by atoms with Crippen LogP contribution in [-0.4, -0.2) is 23.9 Å². The fourth-order valence-electron chi connectivity index (χ4n) is 1.49. The van der Waals surface area contributed by atoms with Crippen molar-refractivity contribution in [2.24, 2.45) is 5.92 Å². The maximum Gasteiger partial charge on any atom is 0.142 e.